The molecule has 0 heterocycles. The molecule has 0 bridgehead atoms. The molecule has 0 N–H and O–H groups in total. The highest BCUT2D eigenvalue weighted by Gasteiger charge is 2.08. The number of hydrogen-bond donors (Lipinski definition) is 0. The molecule has 0 amide bonds. The van der Waals surface area contributed by atoms with Gasteiger partial charge in [-0.3, -0.25) is 0 Å². The van der Waals surface area contributed by atoms with Gasteiger partial charge in [0.15, 0.2) is 0 Å². The minimum Gasteiger partial charge on any atom is -0.457 e. The Hall–Kier alpha value is -1.61. The number of halogens is 3. The van der Waals surface area contributed by atoms with Crippen molar-refractivity contribution in [2.45, 2.75) is 6.43 Å². The molecule has 2 aromatic carbocycles. The van der Waals surface area contributed by atoms with E-state index in [0.717, 1.165) is 0 Å². The summed E-state index contributed by atoms with van der Waals surface area (Å²) in [5, 5.41) is 0.590. The number of hydrogen-bond acceptors (Lipinski definition) is 1. The number of benzene rings is 2. The van der Waals surface area contributed by atoms with Crippen molar-refractivity contribution in [2.75, 3.05) is 0 Å². The van der Waals surface area contributed by atoms with Gasteiger partial charge in [-0.1, -0.05) is 17.7 Å². The maximum absolute atomic E-state index is 12.4. The number of alkyl halides is 2. The SMILES string of the molecule is FC(F)c1[c]ccc(Oc2ccc(Cl)cc2)c1. The maximum atomic E-state index is 12.4. The van der Waals surface area contributed by atoms with Crippen molar-refractivity contribution in [2.24, 2.45) is 0 Å². The first-order valence-corrected chi connectivity index (χ1v) is 5.26. The lowest BCUT2D eigenvalue weighted by molar-refractivity contribution is 0.151. The molecule has 1 radical (unpaired) electrons. The van der Waals surface area contributed by atoms with E-state index in [4.69, 9.17) is 16.3 Å². The topological polar surface area (TPSA) is 9.23 Å². The Morgan fingerprint density at radius 1 is 1.06 bits per heavy atom. The largest absolute Gasteiger partial charge is 0.457 e. The van der Waals surface area contributed by atoms with E-state index in [9.17, 15) is 8.78 Å². The van der Waals surface area contributed by atoms with Crippen LogP contribution in [0.3, 0.4) is 0 Å². The summed E-state index contributed by atoms with van der Waals surface area (Å²) >= 11 is 5.72. The molecule has 0 saturated carbocycles. The fraction of sp³-hybridized carbons (Fsp3) is 0.0769. The summed E-state index contributed by atoms with van der Waals surface area (Å²) in [6, 6.07) is 13.4. The molecule has 1 nitrogen and oxygen atoms in total. The summed E-state index contributed by atoms with van der Waals surface area (Å²) < 4.78 is 30.3. The van der Waals surface area contributed by atoms with Crippen molar-refractivity contribution in [3.8, 4) is 11.5 Å². The molecule has 2 aromatic rings. The van der Waals surface area contributed by atoms with Gasteiger partial charge in [-0.25, -0.2) is 8.78 Å². The molecule has 2 rings (SSSR count). The monoisotopic (exact) mass is 253 g/mol. The first kappa shape index (κ1) is 11.9. The Kier molecular flexibility index (Phi) is 3.59. The van der Waals surface area contributed by atoms with Crippen molar-refractivity contribution in [3.63, 3.8) is 0 Å². The van der Waals surface area contributed by atoms with Gasteiger partial charge in [0.25, 0.3) is 6.43 Å². The molecule has 0 unspecified atom stereocenters. The van der Waals surface area contributed by atoms with Gasteiger partial charge in [0.05, 0.1) is 0 Å². The first-order chi connectivity index (χ1) is 8.15. The van der Waals surface area contributed by atoms with Gasteiger partial charge in [0.1, 0.15) is 11.5 Å². The van der Waals surface area contributed by atoms with Crippen LogP contribution in [0.25, 0.3) is 0 Å². The summed E-state index contributed by atoms with van der Waals surface area (Å²) in [5.41, 5.74) is -0.184. The van der Waals surface area contributed by atoms with Crippen LogP contribution >= 0.6 is 11.6 Å². The second-order valence-electron chi connectivity index (χ2n) is 3.34. The van der Waals surface area contributed by atoms with Crippen molar-refractivity contribution >= 4 is 11.6 Å². The smallest absolute Gasteiger partial charge is 0.264 e. The van der Waals surface area contributed by atoms with Gasteiger partial charge in [0, 0.05) is 10.6 Å². The summed E-state index contributed by atoms with van der Waals surface area (Å²) in [7, 11) is 0. The Labute approximate surface area is 103 Å². The molecular weight excluding hydrogens is 246 g/mol. The zero-order chi connectivity index (χ0) is 12.3. The minimum absolute atomic E-state index is 0.184. The summed E-state index contributed by atoms with van der Waals surface area (Å²) in [4.78, 5) is 0. The van der Waals surface area contributed by atoms with E-state index in [1.54, 1.807) is 30.3 Å². The molecule has 87 valence electrons. The third kappa shape index (κ3) is 3.17. The van der Waals surface area contributed by atoms with Crippen LogP contribution in [0.4, 0.5) is 8.78 Å². The Morgan fingerprint density at radius 3 is 2.41 bits per heavy atom. The molecule has 0 fully saturated rings. The maximum Gasteiger partial charge on any atom is 0.264 e. The van der Waals surface area contributed by atoms with Gasteiger partial charge in [0.2, 0.25) is 0 Å². The third-order valence-electron chi connectivity index (χ3n) is 2.08. The van der Waals surface area contributed by atoms with Crippen LogP contribution in [-0.4, -0.2) is 0 Å². The summed E-state index contributed by atoms with van der Waals surface area (Å²) in [6.07, 6.45) is -2.55. The summed E-state index contributed by atoms with van der Waals surface area (Å²) in [6.45, 7) is 0. The van der Waals surface area contributed by atoms with Crippen LogP contribution < -0.4 is 4.74 Å². The first-order valence-electron chi connectivity index (χ1n) is 4.88. The van der Waals surface area contributed by atoms with Crippen LogP contribution in [-0.2, 0) is 0 Å². The Balaban J connectivity index is 2.18. The predicted molar refractivity (Wildman–Crippen MR) is 61.8 cm³/mol. The number of ether oxygens (including phenoxy) is 1. The lowest BCUT2D eigenvalue weighted by Gasteiger charge is -2.07. The van der Waals surface area contributed by atoms with E-state index in [1.165, 1.54) is 12.1 Å². The average molecular weight is 254 g/mol. The lowest BCUT2D eigenvalue weighted by Crippen LogP contribution is -1.88. The molecule has 0 aliphatic rings. The van der Waals surface area contributed by atoms with Crippen LogP contribution in [0.5, 0.6) is 11.5 Å². The highest BCUT2D eigenvalue weighted by Crippen LogP contribution is 2.26. The fourth-order valence-corrected chi connectivity index (χ4v) is 1.42. The second kappa shape index (κ2) is 5.15. The van der Waals surface area contributed by atoms with E-state index < -0.39 is 6.43 Å². The van der Waals surface area contributed by atoms with Crippen LogP contribution in [0.2, 0.25) is 5.02 Å². The molecule has 0 aliphatic carbocycles. The van der Waals surface area contributed by atoms with Gasteiger partial charge in [-0.05, 0) is 42.5 Å². The van der Waals surface area contributed by atoms with Crippen molar-refractivity contribution in [3.05, 3.63) is 59.1 Å². The zero-order valence-electron chi connectivity index (χ0n) is 8.66. The van der Waals surface area contributed by atoms with Crippen molar-refractivity contribution < 1.29 is 13.5 Å². The molecule has 0 aliphatic heterocycles. The van der Waals surface area contributed by atoms with E-state index in [1.807, 2.05) is 0 Å². The van der Waals surface area contributed by atoms with Crippen molar-refractivity contribution in [1.82, 2.24) is 0 Å². The third-order valence-corrected chi connectivity index (χ3v) is 2.33. The molecular formula is C13H8ClF2O. The normalized spacial score (nSPS) is 10.6. The van der Waals surface area contributed by atoms with E-state index in [0.29, 0.717) is 16.5 Å². The van der Waals surface area contributed by atoms with Crippen LogP contribution in [0, 0.1) is 6.07 Å². The van der Waals surface area contributed by atoms with Crippen LogP contribution in [0.1, 0.15) is 12.0 Å². The van der Waals surface area contributed by atoms with Crippen LogP contribution in [0.15, 0.2) is 42.5 Å². The van der Waals surface area contributed by atoms with Crippen molar-refractivity contribution in [1.29, 1.82) is 0 Å². The lowest BCUT2D eigenvalue weighted by atomic mass is 10.2. The Morgan fingerprint density at radius 2 is 1.76 bits per heavy atom. The summed E-state index contributed by atoms with van der Waals surface area (Å²) in [5.74, 6) is 0.891. The fourth-order valence-electron chi connectivity index (χ4n) is 1.29. The standard InChI is InChI=1S/C13H8ClF2O/c14-10-4-6-11(7-5-10)17-12-3-1-2-9(8-12)13(15)16/h1,3-8,13H. The minimum atomic E-state index is -2.55. The predicted octanol–water partition coefficient (Wildman–Crippen LogP) is 4.87. The van der Waals surface area contributed by atoms with E-state index in [2.05, 4.69) is 6.07 Å². The molecule has 0 atom stereocenters. The quantitative estimate of drug-likeness (QED) is 0.758. The Bertz CT molecular complexity index is 497. The zero-order valence-corrected chi connectivity index (χ0v) is 9.42. The van der Waals surface area contributed by atoms with E-state index >= 15 is 0 Å². The van der Waals surface area contributed by atoms with Gasteiger partial charge in [-0.2, -0.15) is 0 Å². The van der Waals surface area contributed by atoms with Gasteiger partial charge >= 0.3 is 0 Å². The highest BCUT2D eigenvalue weighted by atomic mass is 35.5. The second-order valence-corrected chi connectivity index (χ2v) is 3.77. The number of rotatable bonds is 3. The average Bonchev–Trinajstić information content (AvgIpc) is 2.32. The van der Waals surface area contributed by atoms with Gasteiger partial charge < -0.3 is 4.74 Å². The van der Waals surface area contributed by atoms with Gasteiger partial charge in [-0.15, -0.1) is 0 Å². The molecule has 0 saturated heterocycles. The highest BCUT2D eigenvalue weighted by molar-refractivity contribution is 6.30. The van der Waals surface area contributed by atoms with E-state index in [-0.39, 0.29) is 5.56 Å². The molecule has 0 aromatic heterocycles. The molecule has 4 heteroatoms. The molecule has 17 heavy (non-hydrogen) atoms. The molecule has 0 spiro atoms.